The molecule has 0 fully saturated rings. The number of benzene rings is 3. The molecule has 33 heavy (non-hydrogen) atoms. The zero-order chi connectivity index (χ0) is 23.1. The highest BCUT2D eigenvalue weighted by Gasteiger charge is 2.15. The smallest absolute Gasteiger partial charge is 0.208 e. The minimum absolute atomic E-state index is 0.233. The molecule has 5 aromatic rings. The summed E-state index contributed by atoms with van der Waals surface area (Å²) in [5.41, 5.74) is 6.19. The third-order valence-electron chi connectivity index (χ3n) is 5.88. The number of nitrogens with one attached hydrogen (secondary N) is 1. The van der Waals surface area contributed by atoms with Gasteiger partial charge in [-0.1, -0.05) is 43.7 Å². The largest absolute Gasteiger partial charge is 0.768 e. The van der Waals surface area contributed by atoms with Gasteiger partial charge in [-0.15, -0.1) is 11.3 Å². The van der Waals surface area contributed by atoms with E-state index in [0.717, 1.165) is 11.2 Å². The second-order valence-electron chi connectivity index (χ2n) is 8.57. The van der Waals surface area contributed by atoms with Crippen LogP contribution in [0.25, 0.3) is 21.1 Å². The van der Waals surface area contributed by atoms with Crippen LogP contribution in [0.1, 0.15) is 36.5 Å². The summed E-state index contributed by atoms with van der Waals surface area (Å²) in [4.78, 5) is 5.00. The lowest BCUT2D eigenvalue weighted by Gasteiger charge is -2.12. The molecule has 0 spiro atoms. The zero-order valence-corrected chi connectivity index (χ0v) is 20.3. The van der Waals surface area contributed by atoms with Crippen molar-refractivity contribution < 1.29 is 8.76 Å². The maximum absolute atomic E-state index is 11.5. The molecule has 0 saturated heterocycles. The van der Waals surface area contributed by atoms with Crippen molar-refractivity contribution in [3.63, 3.8) is 0 Å². The summed E-state index contributed by atoms with van der Waals surface area (Å²) in [5, 5.41) is 6.88. The molecule has 1 unspecified atom stereocenters. The van der Waals surface area contributed by atoms with Crippen LogP contribution in [0.15, 0.2) is 70.9 Å². The van der Waals surface area contributed by atoms with Gasteiger partial charge in [-0.3, -0.25) is 4.21 Å². The van der Waals surface area contributed by atoms with Gasteiger partial charge in [-0.05, 0) is 82.2 Å². The normalized spacial score (nSPS) is 12.6. The van der Waals surface area contributed by atoms with Gasteiger partial charge in [-0.25, -0.2) is 4.98 Å². The Balaban J connectivity index is 1.60. The first-order valence-electron chi connectivity index (χ1n) is 10.8. The van der Waals surface area contributed by atoms with Gasteiger partial charge in [-0.2, -0.15) is 0 Å². The van der Waals surface area contributed by atoms with Crippen LogP contribution >= 0.6 is 11.3 Å². The fraction of sp³-hybridized carbons (Fsp3) is 0.192. The number of thiophene rings is 1. The van der Waals surface area contributed by atoms with E-state index in [-0.39, 0.29) is 4.90 Å². The summed E-state index contributed by atoms with van der Waals surface area (Å²) in [6, 6.07) is 19.9. The van der Waals surface area contributed by atoms with Crippen LogP contribution in [0.3, 0.4) is 0 Å². The number of anilines is 2. The number of fused-ring (bicyclic) bond motifs is 2. The molecule has 0 aliphatic rings. The quantitative estimate of drug-likeness (QED) is 0.278. The van der Waals surface area contributed by atoms with E-state index in [2.05, 4.69) is 78.5 Å². The average molecular weight is 475 g/mol. The Morgan fingerprint density at radius 2 is 1.88 bits per heavy atom. The molecule has 0 bridgehead atoms. The first-order chi connectivity index (χ1) is 15.9. The van der Waals surface area contributed by atoms with Crippen LogP contribution in [0.2, 0.25) is 0 Å². The molecule has 0 aliphatic carbocycles. The number of hydrogen-bond donors (Lipinski definition) is 1. The van der Waals surface area contributed by atoms with E-state index in [4.69, 9.17) is 4.98 Å². The Hall–Kier alpha value is -3.00. The van der Waals surface area contributed by atoms with Crippen molar-refractivity contribution in [3.8, 4) is 0 Å². The van der Waals surface area contributed by atoms with Crippen molar-refractivity contribution in [1.29, 1.82) is 0 Å². The van der Waals surface area contributed by atoms with E-state index in [9.17, 15) is 8.76 Å². The van der Waals surface area contributed by atoms with E-state index in [1.807, 2.05) is 6.07 Å². The van der Waals surface area contributed by atoms with Crippen molar-refractivity contribution in [2.24, 2.45) is 0 Å². The summed E-state index contributed by atoms with van der Waals surface area (Å²) in [6.45, 7) is 7.08. The van der Waals surface area contributed by atoms with Gasteiger partial charge in [0, 0.05) is 15.3 Å². The highest BCUT2D eigenvalue weighted by Crippen LogP contribution is 2.31. The molecular weight excluding hydrogens is 450 g/mol. The Morgan fingerprint density at radius 1 is 1.09 bits per heavy atom. The van der Waals surface area contributed by atoms with Crippen LogP contribution in [-0.2, 0) is 17.6 Å². The number of aryl methyl sites for hydroxylation is 1. The predicted octanol–water partition coefficient (Wildman–Crippen LogP) is 6.71. The van der Waals surface area contributed by atoms with Gasteiger partial charge in [0.25, 0.3) is 0 Å². The number of nitrogens with zero attached hydrogens (tertiary/aromatic N) is 2. The first-order valence-corrected chi connectivity index (χ1v) is 12.8. The third-order valence-corrected chi connectivity index (χ3v) is 7.53. The van der Waals surface area contributed by atoms with Crippen molar-refractivity contribution in [2.45, 2.75) is 38.1 Å². The molecule has 0 radical (unpaired) electrons. The number of hydrogen-bond acceptors (Lipinski definition) is 5. The maximum Gasteiger partial charge on any atom is 0.208 e. The van der Waals surface area contributed by atoms with Crippen LogP contribution < -0.4 is 5.32 Å². The molecule has 5 rings (SSSR count). The lowest BCUT2D eigenvalue weighted by atomic mass is 10.0. The molecule has 7 heteroatoms. The Kier molecular flexibility index (Phi) is 5.78. The average Bonchev–Trinajstić information content (AvgIpc) is 3.34. The Labute approximate surface area is 199 Å². The van der Waals surface area contributed by atoms with Crippen molar-refractivity contribution in [1.82, 2.24) is 9.55 Å². The van der Waals surface area contributed by atoms with Crippen molar-refractivity contribution >= 4 is 55.2 Å². The fourth-order valence-corrected chi connectivity index (χ4v) is 5.36. The highest BCUT2D eigenvalue weighted by molar-refractivity contribution is 7.79. The Morgan fingerprint density at radius 3 is 2.61 bits per heavy atom. The third kappa shape index (κ3) is 4.31. The first kappa shape index (κ1) is 21.8. The second-order valence-corrected chi connectivity index (χ2v) is 10.4. The molecule has 1 N–H and O–H groups in total. The van der Waals surface area contributed by atoms with Crippen molar-refractivity contribution in [3.05, 3.63) is 82.7 Å². The van der Waals surface area contributed by atoms with Gasteiger partial charge in [0.1, 0.15) is 0 Å². The topological polar surface area (TPSA) is 70.0 Å². The lowest BCUT2D eigenvalue weighted by Crippen LogP contribution is -2.05. The summed E-state index contributed by atoms with van der Waals surface area (Å²) < 4.78 is 26.4. The van der Waals surface area contributed by atoms with E-state index < -0.39 is 11.1 Å². The Bertz CT molecular complexity index is 1480. The zero-order valence-electron chi connectivity index (χ0n) is 18.7. The molecule has 2 aromatic heterocycles. The van der Waals surface area contributed by atoms with Gasteiger partial charge in [0.05, 0.1) is 17.6 Å². The summed E-state index contributed by atoms with van der Waals surface area (Å²) in [6.07, 6.45) is 0. The summed E-state index contributed by atoms with van der Waals surface area (Å²) >= 11 is -0.564. The van der Waals surface area contributed by atoms with Crippen LogP contribution in [0.5, 0.6) is 0 Å². The van der Waals surface area contributed by atoms with E-state index in [0.29, 0.717) is 23.9 Å². The fourth-order valence-electron chi connectivity index (χ4n) is 4.04. The van der Waals surface area contributed by atoms with Gasteiger partial charge in [0.2, 0.25) is 5.95 Å². The number of aromatic nitrogens is 2. The van der Waals surface area contributed by atoms with Gasteiger partial charge in [0.15, 0.2) is 0 Å². The monoisotopic (exact) mass is 474 g/mol. The van der Waals surface area contributed by atoms with Crippen LogP contribution in [0.4, 0.5) is 11.6 Å². The highest BCUT2D eigenvalue weighted by atomic mass is 32.2. The molecule has 0 aliphatic heterocycles. The minimum Gasteiger partial charge on any atom is -0.768 e. The van der Waals surface area contributed by atoms with E-state index >= 15 is 0 Å². The van der Waals surface area contributed by atoms with E-state index in [1.54, 1.807) is 23.5 Å². The molecule has 1 atom stereocenters. The number of rotatable bonds is 6. The predicted molar refractivity (Wildman–Crippen MR) is 136 cm³/mol. The molecular formula is C26H24N3O2S2-. The minimum atomic E-state index is -2.30. The molecule has 0 amide bonds. The maximum atomic E-state index is 11.5. The standard InChI is InChI=1S/C26H25N3O2S2/c1-16(2)18-5-7-20(8-6-18)27-26-28-23-13-21(33(30)31)9-10-24(23)29(26)14-19-15-32-25-11-4-17(3)12-22(19)25/h4-13,15-16H,14H2,1-3H3,(H,27,28)(H,30,31)/p-1. The van der Waals surface area contributed by atoms with Gasteiger partial charge >= 0.3 is 0 Å². The van der Waals surface area contributed by atoms with Gasteiger partial charge < -0.3 is 14.4 Å². The number of imidazole rings is 1. The second kappa shape index (κ2) is 8.74. The molecule has 0 saturated carbocycles. The molecule has 3 aromatic carbocycles. The van der Waals surface area contributed by atoms with Crippen molar-refractivity contribution in [2.75, 3.05) is 5.32 Å². The van der Waals surface area contributed by atoms with Crippen LogP contribution in [0, 0.1) is 6.92 Å². The molecule has 2 heterocycles. The van der Waals surface area contributed by atoms with E-state index in [1.165, 1.54) is 26.8 Å². The SMILES string of the molecule is Cc1ccc2scc(Cn3c(Nc4ccc(C(C)C)cc4)nc4cc(S(=O)[O-])ccc43)c2c1. The lowest BCUT2D eigenvalue weighted by molar-refractivity contribution is 0.537. The summed E-state index contributed by atoms with van der Waals surface area (Å²) in [7, 11) is 0. The van der Waals surface area contributed by atoms with Crippen LogP contribution in [-0.4, -0.2) is 18.3 Å². The molecule has 168 valence electrons. The summed E-state index contributed by atoms with van der Waals surface area (Å²) in [5.74, 6) is 1.15. The molecule has 5 nitrogen and oxygen atoms in total.